The van der Waals surface area contributed by atoms with Crippen LogP contribution in [0.5, 0.6) is 0 Å². The predicted molar refractivity (Wildman–Crippen MR) is 184 cm³/mol. The van der Waals surface area contributed by atoms with Crippen LogP contribution >= 0.6 is 0 Å². The third kappa shape index (κ3) is 7.75. The summed E-state index contributed by atoms with van der Waals surface area (Å²) in [5.41, 5.74) is 7.07. The highest BCUT2D eigenvalue weighted by Gasteiger charge is 2.27. The molecule has 3 aromatic rings. The van der Waals surface area contributed by atoms with Crippen molar-refractivity contribution in [3.05, 3.63) is 111 Å². The first-order chi connectivity index (χ1) is 21.7. The van der Waals surface area contributed by atoms with Crippen LogP contribution in [-0.2, 0) is 13.0 Å². The third-order valence-corrected chi connectivity index (χ3v) is 9.31. The molecule has 5 heteroatoms. The average Bonchev–Trinajstić information content (AvgIpc) is 3.06. The Labute approximate surface area is 264 Å². The van der Waals surface area contributed by atoms with Crippen LogP contribution < -0.4 is 15.9 Å². The van der Waals surface area contributed by atoms with Crippen LogP contribution in [-0.4, -0.2) is 52.5 Å². The molecule has 3 aliphatic rings. The van der Waals surface area contributed by atoms with Crippen LogP contribution in [0.1, 0.15) is 86.0 Å². The molecule has 1 aliphatic heterocycles. The van der Waals surface area contributed by atoms with E-state index in [4.69, 9.17) is 9.97 Å². The number of nitrogens with zero attached hydrogens (tertiary/aromatic N) is 4. The lowest BCUT2D eigenvalue weighted by Crippen LogP contribution is -2.48. The van der Waals surface area contributed by atoms with Gasteiger partial charge in [0.15, 0.2) is 0 Å². The van der Waals surface area contributed by atoms with Crippen LogP contribution in [0.4, 0.5) is 5.82 Å². The number of hydrogen-bond donors (Lipinski definition) is 1. The number of hydrogen-bond acceptors (Lipinski definition) is 5. The van der Waals surface area contributed by atoms with Gasteiger partial charge >= 0.3 is 0 Å². The Morgan fingerprint density at radius 3 is 2.32 bits per heavy atom. The van der Waals surface area contributed by atoms with E-state index in [9.17, 15) is 0 Å². The van der Waals surface area contributed by atoms with Gasteiger partial charge in [-0.15, -0.1) is 0 Å². The van der Waals surface area contributed by atoms with Gasteiger partial charge in [0.25, 0.3) is 0 Å². The van der Waals surface area contributed by atoms with Crippen molar-refractivity contribution in [2.24, 2.45) is 0 Å². The first-order valence-electron chi connectivity index (χ1n) is 16.9. The number of anilines is 1. The highest BCUT2D eigenvalue weighted by Crippen LogP contribution is 2.30. The molecule has 0 amide bonds. The van der Waals surface area contributed by atoms with Gasteiger partial charge in [0.2, 0.25) is 0 Å². The van der Waals surface area contributed by atoms with E-state index in [0.29, 0.717) is 0 Å². The number of benzene rings is 2. The Kier molecular flexibility index (Phi) is 10.4. The van der Waals surface area contributed by atoms with Gasteiger partial charge < -0.3 is 5.32 Å². The molecule has 2 aliphatic carbocycles. The van der Waals surface area contributed by atoms with Gasteiger partial charge in [-0.2, -0.15) is 0 Å². The molecule has 230 valence electrons. The minimum Gasteiger partial charge on any atom is -0.369 e. The van der Waals surface area contributed by atoms with Crippen molar-refractivity contribution >= 4 is 18.0 Å². The largest absolute Gasteiger partial charge is 0.369 e. The van der Waals surface area contributed by atoms with E-state index >= 15 is 0 Å². The highest BCUT2D eigenvalue weighted by molar-refractivity contribution is 5.47. The van der Waals surface area contributed by atoms with Gasteiger partial charge in [-0.1, -0.05) is 103 Å². The van der Waals surface area contributed by atoms with Crippen molar-refractivity contribution in [1.82, 2.24) is 19.8 Å². The van der Waals surface area contributed by atoms with Crippen molar-refractivity contribution in [2.75, 3.05) is 38.0 Å². The molecule has 1 atom stereocenters. The number of rotatable bonds is 12. The number of aromatic nitrogens is 2. The SMILES string of the molecule is CCCc1ccc(C(c2ccc(C)cc2)N2CCN(Cc3nc(NCCCC4=CC=CCC4)c4c(n3)=CCCC=4)CC2)cc1. The molecule has 0 spiro atoms. The molecule has 0 saturated carbocycles. The van der Waals surface area contributed by atoms with Gasteiger partial charge in [0.1, 0.15) is 11.6 Å². The first kappa shape index (κ1) is 30.5. The third-order valence-electron chi connectivity index (χ3n) is 9.31. The summed E-state index contributed by atoms with van der Waals surface area (Å²) in [6.45, 7) is 10.2. The Balaban J connectivity index is 1.12. The zero-order valence-electron chi connectivity index (χ0n) is 26.8. The Morgan fingerprint density at radius 1 is 0.841 bits per heavy atom. The summed E-state index contributed by atoms with van der Waals surface area (Å²) in [5.74, 6) is 1.95. The van der Waals surface area contributed by atoms with E-state index < -0.39 is 0 Å². The average molecular weight is 588 g/mol. The molecule has 1 aromatic heterocycles. The topological polar surface area (TPSA) is 44.3 Å². The van der Waals surface area contributed by atoms with Gasteiger partial charge in [-0.3, -0.25) is 9.80 Å². The highest BCUT2D eigenvalue weighted by atomic mass is 15.3. The summed E-state index contributed by atoms with van der Waals surface area (Å²) in [7, 11) is 0. The summed E-state index contributed by atoms with van der Waals surface area (Å²) in [5, 5.41) is 5.99. The molecule has 5 nitrogen and oxygen atoms in total. The molecule has 0 radical (unpaired) electrons. The van der Waals surface area contributed by atoms with Crippen LogP contribution in [0.2, 0.25) is 0 Å². The number of piperazine rings is 1. The zero-order valence-corrected chi connectivity index (χ0v) is 26.8. The molecule has 6 rings (SSSR count). The minimum absolute atomic E-state index is 0.273. The van der Waals surface area contributed by atoms with Gasteiger partial charge in [0, 0.05) is 37.9 Å². The lowest BCUT2D eigenvalue weighted by atomic mass is 9.94. The Bertz CT molecular complexity index is 1560. The molecular formula is C39H49N5. The van der Waals surface area contributed by atoms with Gasteiger partial charge in [0.05, 0.1) is 17.9 Å². The van der Waals surface area contributed by atoms with Crippen molar-refractivity contribution < 1.29 is 0 Å². The van der Waals surface area contributed by atoms with Crippen LogP contribution in [0.15, 0.2) is 72.3 Å². The maximum absolute atomic E-state index is 5.09. The normalized spacial score (nSPS) is 17.7. The number of aryl methyl sites for hydroxylation is 2. The molecular weight excluding hydrogens is 538 g/mol. The molecule has 2 aromatic carbocycles. The monoisotopic (exact) mass is 587 g/mol. The first-order valence-corrected chi connectivity index (χ1v) is 16.9. The van der Waals surface area contributed by atoms with Crippen LogP contribution in [0.3, 0.4) is 0 Å². The maximum atomic E-state index is 5.09. The van der Waals surface area contributed by atoms with Crippen LogP contribution in [0, 0.1) is 6.92 Å². The van der Waals surface area contributed by atoms with Crippen molar-refractivity contribution in [1.29, 1.82) is 0 Å². The predicted octanol–water partition coefficient (Wildman–Crippen LogP) is 6.47. The Hall–Kier alpha value is -3.54. The van der Waals surface area contributed by atoms with E-state index in [1.165, 1.54) is 46.7 Å². The van der Waals surface area contributed by atoms with E-state index in [-0.39, 0.29) is 6.04 Å². The molecule has 1 N–H and O–H groups in total. The molecule has 1 unspecified atom stereocenters. The Morgan fingerprint density at radius 2 is 1.59 bits per heavy atom. The number of fused-ring (bicyclic) bond motifs is 1. The van der Waals surface area contributed by atoms with Crippen molar-refractivity contribution in [2.45, 2.75) is 77.8 Å². The van der Waals surface area contributed by atoms with Crippen molar-refractivity contribution in [3.8, 4) is 0 Å². The van der Waals surface area contributed by atoms with Gasteiger partial charge in [-0.05, 0) is 68.6 Å². The summed E-state index contributed by atoms with van der Waals surface area (Å²) in [4.78, 5) is 15.3. The lowest BCUT2D eigenvalue weighted by Gasteiger charge is -2.39. The maximum Gasteiger partial charge on any atom is 0.145 e. The van der Waals surface area contributed by atoms with E-state index in [1.54, 1.807) is 5.57 Å². The van der Waals surface area contributed by atoms with E-state index in [2.05, 4.69) is 108 Å². The van der Waals surface area contributed by atoms with Gasteiger partial charge in [-0.25, -0.2) is 9.97 Å². The van der Waals surface area contributed by atoms with E-state index in [1.807, 2.05) is 0 Å². The van der Waals surface area contributed by atoms with Crippen LogP contribution in [0.25, 0.3) is 12.2 Å². The molecule has 44 heavy (non-hydrogen) atoms. The second kappa shape index (κ2) is 15.0. The smallest absolute Gasteiger partial charge is 0.145 e. The summed E-state index contributed by atoms with van der Waals surface area (Å²) >= 11 is 0. The second-order valence-corrected chi connectivity index (χ2v) is 12.7. The molecule has 0 bridgehead atoms. The fourth-order valence-electron chi connectivity index (χ4n) is 6.83. The number of allylic oxidation sites excluding steroid dienone is 4. The minimum atomic E-state index is 0.273. The lowest BCUT2D eigenvalue weighted by molar-refractivity contribution is 0.103. The molecule has 2 heterocycles. The fourth-order valence-corrected chi connectivity index (χ4v) is 6.83. The second-order valence-electron chi connectivity index (χ2n) is 12.7. The fraction of sp³-hybridized carbons (Fsp3) is 0.436. The summed E-state index contributed by atoms with van der Waals surface area (Å²) in [6.07, 6.45) is 20.5. The molecule has 1 fully saturated rings. The summed E-state index contributed by atoms with van der Waals surface area (Å²) in [6, 6.07) is 18.8. The van der Waals surface area contributed by atoms with Crippen molar-refractivity contribution in [3.63, 3.8) is 0 Å². The molecule has 1 saturated heterocycles. The zero-order chi connectivity index (χ0) is 30.1. The quantitative estimate of drug-likeness (QED) is 0.246. The summed E-state index contributed by atoms with van der Waals surface area (Å²) < 4.78 is 0. The standard InChI is InChI=1S/C39H49N5/c1-3-10-31-18-22-34(23-19-31)38(33-20-16-30(2)17-21-33)44-27-25-43(26-28-44)29-37-41-36-15-8-7-14-35(36)39(42-37)40-24-9-13-32-11-5-4-6-12-32/h4-5,11,14-23,38H,3,6-10,12-13,24-29H2,1-2H3,(H,40,41,42). The number of nitrogens with one attached hydrogen (secondary N) is 1. The van der Waals surface area contributed by atoms with E-state index in [0.717, 1.165) is 88.4 Å².